The molecule has 0 unspecified atom stereocenters. The Morgan fingerprint density at radius 3 is 2.15 bits per heavy atom. The van der Waals surface area contributed by atoms with E-state index in [4.69, 9.17) is 0 Å². The van der Waals surface area contributed by atoms with Crippen molar-refractivity contribution in [3.05, 3.63) is 69.8 Å². The molecule has 2 aromatic rings. The number of piperazine rings is 1. The molecule has 27 heavy (non-hydrogen) atoms. The molecule has 7 nitrogen and oxygen atoms in total. The fourth-order valence-electron chi connectivity index (χ4n) is 3.20. The number of hydrogen-bond donors (Lipinski definition) is 1. The summed E-state index contributed by atoms with van der Waals surface area (Å²) in [6.45, 7) is 6.68. The fraction of sp³-hybridized carbons (Fsp3) is 0.350. The van der Waals surface area contributed by atoms with Crippen LogP contribution in [0.5, 0.6) is 0 Å². The molecule has 1 saturated heterocycles. The predicted molar refractivity (Wildman–Crippen MR) is 105 cm³/mol. The highest BCUT2D eigenvalue weighted by Gasteiger charge is 2.18. The van der Waals surface area contributed by atoms with E-state index in [0.717, 1.165) is 44.0 Å². The number of nitrogens with zero attached hydrogens (tertiary/aromatic N) is 3. The number of anilines is 1. The molecule has 142 valence electrons. The van der Waals surface area contributed by atoms with E-state index in [-0.39, 0.29) is 16.5 Å². The van der Waals surface area contributed by atoms with Gasteiger partial charge in [0.05, 0.1) is 4.92 Å². The van der Waals surface area contributed by atoms with Crippen LogP contribution in [0.1, 0.15) is 18.1 Å². The Morgan fingerprint density at radius 2 is 1.59 bits per heavy atom. The van der Waals surface area contributed by atoms with E-state index in [1.807, 2.05) is 12.1 Å². The smallest absolute Gasteiger partial charge is 0.269 e. The molecule has 7 heteroatoms. The highest BCUT2D eigenvalue weighted by Crippen LogP contribution is 2.21. The Hall–Kier alpha value is -2.93. The minimum atomic E-state index is -0.372. The maximum Gasteiger partial charge on any atom is 0.269 e. The number of hydrogen-bond acceptors (Lipinski definition) is 5. The Labute approximate surface area is 158 Å². The van der Waals surface area contributed by atoms with Crippen molar-refractivity contribution in [3.8, 4) is 0 Å². The third kappa shape index (κ3) is 5.27. The fourth-order valence-corrected chi connectivity index (χ4v) is 3.20. The topological polar surface area (TPSA) is 78.7 Å². The van der Waals surface area contributed by atoms with E-state index in [9.17, 15) is 14.9 Å². The predicted octanol–water partition coefficient (Wildman–Crippen LogP) is 2.55. The van der Waals surface area contributed by atoms with E-state index < -0.39 is 0 Å². The number of rotatable bonds is 6. The van der Waals surface area contributed by atoms with Gasteiger partial charge in [-0.25, -0.2) is 0 Å². The third-order valence-electron chi connectivity index (χ3n) is 4.77. The number of nitro benzene ring substituents is 1. The standard InChI is InChI=1S/C20H24N4O3/c1-16(25)21-14-17-2-4-18(5-3-17)15-22-10-12-23(13-11-22)19-6-8-20(9-7-19)24(26)27/h2-9H,10-15H2,1H3,(H,21,25). The average Bonchev–Trinajstić information content (AvgIpc) is 2.68. The van der Waals surface area contributed by atoms with Crippen molar-refractivity contribution in [2.45, 2.75) is 20.0 Å². The van der Waals surface area contributed by atoms with E-state index in [0.29, 0.717) is 6.54 Å². The molecule has 0 spiro atoms. The first-order valence-electron chi connectivity index (χ1n) is 9.05. The summed E-state index contributed by atoms with van der Waals surface area (Å²) in [7, 11) is 0. The maximum absolute atomic E-state index is 11.0. The van der Waals surface area contributed by atoms with E-state index >= 15 is 0 Å². The SMILES string of the molecule is CC(=O)NCc1ccc(CN2CCN(c3ccc([N+](=O)[O-])cc3)CC2)cc1. The molecule has 1 amide bonds. The Balaban J connectivity index is 1.49. The molecule has 0 aliphatic carbocycles. The van der Waals surface area contributed by atoms with Crippen molar-refractivity contribution in [2.24, 2.45) is 0 Å². The van der Waals surface area contributed by atoms with Crippen molar-refractivity contribution in [1.82, 2.24) is 10.2 Å². The minimum absolute atomic E-state index is 0.0232. The van der Waals surface area contributed by atoms with E-state index in [1.165, 1.54) is 12.5 Å². The van der Waals surface area contributed by atoms with E-state index in [2.05, 4.69) is 39.4 Å². The van der Waals surface area contributed by atoms with Crippen molar-refractivity contribution >= 4 is 17.3 Å². The summed E-state index contributed by atoms with van der Waals surface area (Å²) in [5.74, 6) is -0.0232. The van der Waals surface area contributed by atoms with Gasteiger partial charge in [0, 0.05) is 64.0 Å². The van der Waals surface area contributed by atoms with Gasteiger partial charge in [-0.05, 0) is 23.3 Å². The van der Waals surface area contributed by atoms with Crippen molar-refractivity contribution in [2.75, 3.05) is 31.1 Å². The minimum Gasteiger partial charge on any atom is -0.369 e. The molecule has 1 N–H and O–H groups in total. The first-order valence-corrected chi connectivity index (χ1v) is 9.05. The number of carbonyl (C=O) groups excluding carboxylic acids is 1. The van der Waals surface area contributed by atoms with Crippen LogP contribution in [0.2, 0.25) is 0 Å². The van der Waals surface area contributed by atoms with Gasteiger partial charge in [0.15, 0.2) is 0 Å². The van der Waals surface area contributed by atoms with Gasteiger partial charge in [-0.3, -0.25) is 19.8 Å². The van der Waals surface area contributed by atoms with Gasteiger partial charge in [-0.1, -0.05) is 24.3 Å². The van der Waals surface area contributed by atoms with Gasteiger partial charge >= 0.3 is 0 Å². The zero-order valence-corrected chi connectivity index (χ0v) is 15.4. The van der Waals surface area contributed by atoms with Gasteiger partial charge in [-0.15, -0.1) is 0 Å². The van der Waals surface area contributed by atoms with Gasteiger partial charge < -0.3 is 10.2 Å². The number of nitro groups is 1. The van der Waals surface area contributed by atoms with E-state index in [1.54, 1.807) is 12.1 Å². The van der Waals surface area contributed by atoms with Crippen LogP contribution in [0.15, 0.2) is 48.5 Å². The molecule has 1 heterocycles. The summed E-state index contributed by atoms with van der Waals surface area (Å²) in [5.41, 5.74) is 3.50. The normalized spacial score (nSPS) is 14.8. The summed E-state index contributed by atoms with van der Waals surface area (Å²) >= 11 is 0. The van der Waals surface area contributed by atoms with Crippen LogP contribution in [0.25, 0.3) is 0 Å². The lowest BCUT2D eigenvalue weighted by atomic mass is 10.1. The molecule has 0 aromatic heterocycles. The number of nitrogens with one attached hydrogen (secondary N) is 1. The first-order chi connectivity index (χ1) is 13.0. The zero-order valence-electron chi connectivity index (χ0n) is 15.4. The summed E-state index contributed by atoms with van der Waals surface area (Å²) in [4.78, 5) is 26.0. The molecule has 1 fully saturated rings. The van der Waals surface area contributed by atoms with Crippen LogP contribution >= 0.6 is 0 Å². The molecule has 3 rings (SSSR count). The number of benzene rings is 2. The lowest BCUT2D eigenvalue weighted by Crippen LogP contribution is -2.45. The van der Waals surface area contributed by atoms with Gasteiger partial charge in [0.2, 0.25) is 5.91 Å². The van der Waals surface area contributed by atoms with Gasteiger partial charge in [0.25, 0.3) is 5.69 Å². The molecule has 0 radical (unpaired) electrons. The first kappa shape index (κ1) is 18.8. The molecule has 1 aliphatic heterocycles. The van der Waals surface area contributed by atoms with Crippen LogP contribution in [0, 0.1) is 10.1 Å². The Morgan fingerprint density at radius 1 is 1.00 bits per heavy atom. The quantitative estimate of drug-likeness (QED) is 0.626. The molecule has 0 saturated carbocycles. The second kappa shape index (κ2) is 8.64. The highest BCUT2D eigenvalue weighted by atomic mass is 16.6. The van der Waals surface area contributed by atoms with Crippen molar-refractivity contribution in [3.63, 3.8) is 0 Å². The highest BCUT2D eigenvalue weighted by molar-refractivity contribution is 5.72. The molecular formula is C20H24N4O3. The molecular weight excluding hydrogens is 344 g/mol. The average molecular weight is 368 g/mol. The van der Waals surface area contributed by atoms with Crippen LogP contribution in [-0.2, 0) is 17.9 Å². The summed E-state index contributed by atoms with van der Waals surface area (Å²) in [6.07, 6.45) is 0. The van der Waals surface area contributed by atoms with Crippen molar-refractivity contribution in [1.29, 1.82) is 0 Å². The number of non-ortho nitro benzene ring substituents is 1. The third-order valence-corrected chi connectivity index (χ3v) is 4.77. The Kier molecular flexibility index (Phi) is 6.03. The van der Waals surface area contributed by atoms with Crippen LogP contribution in [0.3, 0.4) is 0 Å². The van der Waals surface area contributed by atoms with Gasteiger partial charge in [-0.2, -0.15) is 0 Å². The molecule has 2 aromatic carbocycles. The summed E-state index contributed by atoms with van der Waals surface area (Å²) in [5, 5.41) is 13.6. The second-order valence-corrected chi connectivity index (χ2v) is 6.76. The largest absolute Gasteiger partial charge is 0.369 e. The molecule has 0 atom stereocenters. The number of amides is 1. The second-order valence-electron chi connectivity index (χ2n) is 6.76. The van der Waals surface area contributed by atoms with Crippen molar-refractivity contribution < 1.29 is 9.72 Å². The van der Waals surface area contributed by atoms with Crippen LogP contribution < -0.4 is 10.2 Å². The summed E-state index contributed by atoms with van der Waals surface area (Å²) < 4.78 is 0. The summed E-state index contributed by atoms with van der Waals surface area (Å²) in [6, 6.07) is 15.1. The Bertz CT molecular complexity index is 782. The van der Waals surface area contributed by atoms with Crippen LogP contribution in [0.4, 0.5) is 11.4 Å². The zero-order chi connectivity index (χ0) is 19.2. The monoisotopic (exact) mass is 368 g/mol. The van der Waals surface area contributed by atoms with Crippen LogP contribution in [-0.4, -0.2) is 41.9 Å². The van der Waals surface area contributed by atoms with Gasteiger partial charge in [0.1, 0.15) is 0 Å². The maximum atomic E-state index is 11.0. The lowest BCUT2D eigenvalue weighted by molar-refractivity contribution is -0.384. The number of carbonyl (C=O) groups is 1. The lowest BCUT2D eigenvalue weighted by Gasteiger charge is -2.36. The molecule has 0 bridgehead atoms. The molecule has 1 aliphatic rings.